The fraction of sp³-hybridized carbons (Fsp3) is 0.400. The van der Waals surface area contributed by atoms with E-state index in [1.165, 1.54) is 6.33 Å². The Balaban J connectivity index is 2.23. The molecule has 0 fully saturated rings. The molecule has 0 saturated heterocycles. The fourth-order valence-corrected chi connectivity index (χ4v) is 1.69. The molecule has 2 N–H and O–H groups in total. The quantitative estimate of drug-likeness (QED) is 0.795. The summed E-state index contributed by atoms with van der Waals surface area (Å²) in [5, 5.41) is 10.1. The third-order valence-electron chi connectivity index (χ3n) is 2.53. The molecule has 1 amide bonds. The van der Waals surface area contributed by atoms with Gasteiger partial charge in [0, 0.05) is 25.6 Å². The van der Waals surface area contributed by atoms with Crippen LogP contribution in [0.15, 0.2) is 6.33 Å². The van der Waals surface area contributed by atoms with Crippen LogP contribution in [0.3, 0.4) is 0 Å². The van der Waals surface area contributed by atoms with Crippen molar-refractivity contribution in [1.29, 1.82) is 0 Å². The molecule has 96 valence electrons. The van der Waals surface area contributed by atoms with Crippen molar-refractivity contribution in [3.8, 4) is 0 Å². The Morgan fingerprint density at radius 1 is 1.56 bits per heavy atom. The lowest BCUT2D eigenvalue weighted by atomic mass is 10.3. The van der Waals surface area contributed by atoms with E-state index in [2.05, 4.69) is 25.7 Å². The summed E-state index contributed by atoms with van der Waals surface area (Å²) >= 11 is 6.01. The predicted octanol–water partition coefficient (Wildman–Crippen LogP) is 0.634. The summed E-state index contributed by atoms with van der Waals surface area (Å²) in [6.45, 7) is 2.31. The van der Waals surface area contributed by atoms with Gasteiger partial charge in [-0.2, -0.15) is 19.6 Å². The van der Waals surface area contributed by atoms with Crippen LogP contribution in [0.2, 0.25) is 5.15 Å². The van der Waals surface area contributed by atoms with Gasteiger partial charge in [0.05, 0.1) is 0 Å². The van der Waals surface area contributed by atoms with Gasteiger partial charge < -0.3 is 10.6 Å². The molecule has 0 aliphatic heterocycles. The summed E-state index contributed by atoms with van der Waals surface area (Å²) in [4.78, 5) is 19.2. The SMILES string of the molecule is CNC(=O)CCNc1c(C)c(Cl)nc2ncnn12. The zero-order chi connectivity index (χ0) is 13.1. The summed E-state index contributed by atoms with van der Waals surface area (Å²) in [7, 11) is 1.60. The fourth-order valence-electron chi connectivity index (χ4n) is 1.52. The molecule has 0 aromatic carbocycles. The molecule has 0 aliphatic carbocycles. The summed E-state index contributed by atoms with van der Waals surface area (Å²) in [6.07, 6.45) is 1.77. The molecule has 2 rings (SSSR count). The van der Waals surface area contributed by atoms with Crippen LogP contribution in [0.1, 0.15) is 12.0 Å². The number of nitrogens with one attached hydrogen (secondary N) is 2. The first-order valence-electron chi connectivity index (χ1n) is 5.43. The molecule has 2 aromatic rings. The molecule has 2 heterocycles. The second kappa shape index (κ2) is 5.18. The largest absolute Gasteiger partial charge is 0.369 e. The van der Waals surface area contributed by atoms with E-state index >= 15 is 0 Å². The topological polar surface area (TPSA) is 84.2 Å². The highest BCUT2D eigenvalue weighted by atomic mass is 35.5. The zero-order valence-electron chi connectivity index (χ0n) is 10.1. The van der Waals surface area contributed by atoms with Crippen LogP contribution in [0, 0.1) is 6.92 Å². The van der Waals surface area contributed by atoms with E-state index in [0.29, 0.717) is 29.7 Å². The Morgan fingerprint density at radius 2 is 2.33 bits per heavy atom. The van der Waals surface area contributed by atoms with Crippen molar-refractivity contribution < 1.29 is 4.79 Å². The number of nitrogens with zero attached hydrogens (tertiary/aromatic N) is 4. The monoisotopic (exact) mass is 268 g/mol. The van der Waals surface area contributed by atoms with Gasteiger partial charge >= 0.3 is 0 Å². The highest BCUT2D eigenvalue weighted by Crippen LogP contribution is 2.21. The number of rotatable bonds is 4. The average molecular weight is 269 g/mol. The normalized spacial score (nSPS) is 10.6. The van der Waals surface area contributed by atoms with E-state index in [1.54, 1.807) is 11.6 Å². The highest BCUT2D eigenvalue weighted by molar-refractivity contribution is 6.30. The van der Waals surface area contributed by atoms with E-state index in [1.807, 2.05) is 6.92 Å². The number of hydrogen-bond donors (Lipinski definition) is 2. The van der Waals surface area contributed by atoms with Crippen LogP contribution in [-0.4, -0.2) is 39.1 Å². The van der Waals surface area contributed by atoms with E-state index in [-0.39, 0.29) is 5.91 Å². The van der Waals surface area contributed by atoms with Gasteiger partial charge in [-0.1, -0.05) is 11.6 Å². The lowest BCUT2D eigenvalue weighted by Gasteiger charge is -2.11. The lowest BCUT2D eigenvalue weighted by molar-refractivity contribution is -0.120. The first kappa shape index (κ1) is 12.6. The van der Waals surface area contributed by atoms with E-state index in [4.69, 9.17) is 11.6 Å². The molecule has 0 aliphatic rings. The van der Waals surface area contributed by atoms with Crippen molar-refractivity contribution in [3.63, 3.8) is 0 Å². The molecule has 0 saturated carbocycles. The summed E-state index contributed by atoms with van der Waals surface area (Å²) in [5.41, 5.74) is 0.770. The number of hydrogen-bond acceptors (Lipinski definition) is 5. The Morgan fingerprint density at radius 3 is 3.06 bits per heavy atom. The van der Waals surface area contributed by atoms with Crippen molar-refractivity contribution in [2.75, 3.05) is 18.9 Å². The van der Waals surface area contributed by atoms with Crippen LogP contribution in [0.25, 0.3) is 5.78 Å². The smallest absolute Gasteiger partial charge is 0.255 e. The van der Waals surface area contributed by atoms with E-state index < -0.39 is 0 Å². The van der Waals surface area contributed by atoms with Crippen molar-refractivity contribution in [1.82, 2.24) is 24.9 Å². The van der Waals surface area contributed by atoms with Gasteiger partial charge in [0.2, 0.25) is 5.91 Å². The number of anilines is 1. The van der Waals surface area contributed by atoms with Crippen LogP contribution < -0.4 is 10.6 Å². The summed E-state index contributed by atoms with van der Waals surface area (Å²) in [5.74, 6) is 1.09. The van der Waals surface area contributed by atoms with Gasteiger partial charge in [-0.15, -0.1) is 0 Å². The van der Waals surface area contributed by atoms with Crippen molar-refractivity contribution >= 4 is 29.1 Å². The molecule has 18 heavy (non-hydrogen) atoms. The second-order valence-electron chi connectivity index (χ2n) is 3.70. The van der Waals surface area contributed by atoms with Crippen LogP contribution in [0.5, 0.6) is 0 Å². The van der Waals surface area contributed by atoms with E-state index in [0.717, 1.165) is 5.56 Å². The van der Waals surface area contributed by atoms with Gasteiger partial charge in [0.15, 0.2) is 0 Å². The van der Waals surface area contributed by atoms with Crippen LogP contribution >= 0.6 is 11.6 Å². The third-order valence-corrected chi connectivity index (χ3v) is 2.90. The molecule has 2 aromatic heterocycles. The number of halogens is 1. The maximum Gasteiger partial charge on any atom is 0.255 e. The molecular weight excluding hydrogens is 256 g/mol. The minimum Gasteiger partial charge on any atom is -0.369 e. The second-order valence-corrected chi connectivity index (χ2v) is 4.06. The number of carbonyl (C=O) groups is 1. The Hall–Kier alpha value is -1.89. The highest BCUT2D eigenvalue weighted by Gasteiger charge is 2.11. The van der Waals surface area contributed by atoms with Crippen molar-refractivity contribution in [2.24, 2.45) is 0 Å². The third kappa shape index (κ3) is 2.35. The maximum absolute atomic E-state index is 11.1. The van der Waals surface area contributed by atoms with Gasteiger partial charge in [0.25, 0.3) is 5.78 Å². The van der Waals surface area contributed by atoms with Gasteiger partial charge in [0.1, 0.15) is 17.3 Å². The first-order valence-corrected chi connectivity index (χ1v) is 5.81. The maximum atomic E-state index is 11.1. The molecule has 0 spiro atoms. The Kier molecular flexibility index (Phi) is 3.61. The number of aromatic nitrogens is 4. The molecule has 0 bridgehead atoms. The van der Waals surface area contributed by atoms with Gasteiger partial charge in [-0.3, -0.25) is 4.79 Å². The summed E-state index contributed by atoms with van der Waals surface area (Å²) in [6, 6.07) is 0. The van der Waals surface area contributed by atoms with Crippen molar-refractivity contribution in [2.45, 2.75) is 13.3 Å². The number of amides is 1. The molecule has 8 heteroatoms. The number of fused-ring (bicyclic) bond motifs is 1. The molecule has 7 nitrogen and oxygen atoms in total. The molecule has 0 radical (unpaired) electrons. The minimum atomic E-state index is -0.0323. The van der Waals surface area contributed by atoms with Gasteiger partial charge in [-0.25, -0.2) is 0 Å². The predicted molar refractivity (Wildman–Crippen MR) is 67.7 cm³/mol. The lowest BCUT2D eigenvalue weighted by Crippen LogP contribution is -2.21. The standard InChI is InChI=1S/C10H13ClN6O/c1-6-8(11)16-10-14-5-15-17(10)9(6)13-4-3-7(18)12-2/h5,13H,3-4H2,1-2H3,(H,12,18). The molecule has 0 atom stereocenters. The van der Waals surface area contributed by atoms with Crippen LogP contribution in [0.4, 0.5) is 5.82 Å². The van der Waals surface area contributed by atoms with Crippen LogP contribution in [-0.2, 0) is 4.79 Å². The zero-order valence-corrected chi connectivity index (χ0v) is 10.8. The first-order chi connectivity index (χ1) is 8.63. The Bertz CT molecular complexity index is 581. The van der Waals surface area contributed by atoms with Gasteiger partial charge in [-0.05, 0) is 6.92 Å². The minimum absolute atomic E-state index is 0.0323. The Labute approximate surface area is 109 Å². The van der Waals surface area contributed by atoms with E-state index in [9.17, 15) is 4.79 Å². The van der Waals surface area contributed by atoms with Crippen molar-refractivity contribution in [3.05, 3.63) is 17.0 Å². The molecular formula is C10H13ClN6O. The molecule has 0 unspecified atom stereocenters. The number of carbonyl (C=O) groups excluding carboxylic acids is 1. The average Bonchev–Trinajstić information content (AvgIpc) is 2.81. The summed E-state index contributed by atoms with van der Waals surface area (Å²) < 4.78 is 1.56.